The second kappa shape index (κ2) is 5.79. The van der Waals surface area contributed by atoms with Gasteiger partial charge in [-0.15, -0.1) is 11.8 Å². The van der Waals surface area contributed by atoms with E-state index in [2.05, 4.69) is 0 Å². The van der Waals surface area contributed by atoms with Gasteiger partial charge in [0.1, 0.15) is 0 Å². The van der Waals surface area contributed by atoms with Crippen molar-refractivity contribution < 1.29 is 22.3 Å². The molecule has 1 rings (SSSR count). The molecule has 96 valence electrons. The molecule has 0 heterocycles. The van der Waals surface area contributed by atoms with Gasteiger partial charge in [-0.05, 0) is 24.3 Å². The van der Waals surface area contributed by atoms with Crippen LogP contribution in [0.15, 0.2) is 34.1 Å². The smallest absolute Gasteiger partial charge is 0.341 e. The number of aliphatic hydroxyl groups excluding tert-OH is 1. The number of rotatable bonds is 5. The maximum atomic E-state index is 12.2. The monoisotopic (exact) mass is 282 g/mol. The Bertz CT molecular complexity index is 457. The third kappa shape index (κ3) is 3.65. The van der Waals surface area contributed by atoms with Crippen molar-refractivity contribution in [2.24, 2.45) is 0 Å². The number of hydrogen-bond donors (Lipinski definition) is 1. The quantitative estimate of drug-likeness (QED) is 0.841. The van der Waals surface area contributed by atoms with Crippen LogP contribution in [0.2, 0.25) is 0 Å². The molecule has 0 radical (unpaired) electrons. The zero-order valence-electron chi connectivity index (χ0n) is 9.01. The van der Waals surface area contributed by atoms with E-state index in [1.54, 1.807) is 6.92 Å². The van der Waals surface area contributed by atoms with Gasteiger partial charge in [0.15, 0.2) is 0 Å². The first-order chi connectivity index (χ1) is 7.87. The summed E-state index contributed by atoms with van der Waals surface area (Å²) in [6.45, 7) is 1.79. The molecule has 0 aliphatic heterocycles. The van der Waals surface area contributed by atoms with E-state index < -0.39 is 20.5 Å². The van der Waals surface area contributed by atoms with Crippen molar-refractivity contribution in [1.82, 2.24) is 0 Å². The topological polar surface area (TPSA) is 54.4 Å². The van der Waals surface area contributed by atoms with Crippen molar-refractivity contribution in [3.63, 3.8) is 0 Å². The van der Waals surface area contributed by atoms with Crippen LogP contribution in [0.1, 0.15) is 6.92 Å². The molecule has 0 fully saturated rings. The number of sulfone groups is 1. The number of alkyl halides is 2. The molecular weight excluding hydrogens is 270 g/mol. The summed E-state index contributed by atoms with van der Waals surface area (Å²) in [6.07, 6.45) is 0. The molecule has 0 amide bonds. The van der Waals surface area contributed by atoms with Gasteiger partial charge >= 0.3 is 5.76 Å². The van der Waals surface area contributed by atoms with Crippen molar-refractivity contribution in [3.05, 3.63) is 24.3 Å². The lowest BCUT2D eigenvalue weighted by atomic mass is 10.4. The van der Waals surface area contributed by atoms with Crippen LogP contribution >= 0.6 is 11.8 Å². The van der Waals surface area contributed by atoms with Crippen LogP contribution < -0.4 is 0 Å². The second-order valence-corrected chi connectivity index (χ2v) is 6.82. The first-order valence-corrected chi connectivity index (χ1v) is 7.20. The summed E-state index contributed by atoms with van der Waals surface area (Å²) in [5.41, 5.74) is 0. The molecule has 1 aromatic rings. The minimum absolute atomic E-state index is 0.0122. The fourth-order valence-corrected chi connectivity index (χ4v) is 2.63. The van der Waals surface area contributed by atoms with Gasteiger partial charge in [0.25, 0.3) is 0 Å². The van der Waals surface area contributed by atoms with E-state index in [1.807, 2.05) is 0 Å². The van der Waals surface area contributed by atoms with Crippen molar-refractivity contribution >= 4 is 21.6 Å². The Morgan fingerprint density at radius 2 is 1.82 bits per heavy atom. The van der Waals surface area contributed by atoms with Crippen molar-refractivity contribution in [2.75, 3.05) is 6.61 Å². The van der Waals surface area contributed by atoms with Crippen LogP contribution in [0, 0.1) is 0 Å². The molecule has 0 spiro atoms. The number of thioether (sulfide) groups is 1. The predicted molar refractivity (Wildman–Crippen MR) is 62.0 cm³/mol. The van der Waals surface area contributed by atoms with Gasteiger partial charge < -0.3 is 5.11 Å². The molecule has 0 aliphatic rings. The van der Waals surface area contributed by atoms with Crippen molar-refractivity contribution in [3.8, 4) is 0 Å². The van der Waals surface area contributed by atoms with E-state index >= 15 is 0 Å². The highest BCUT2D eigenvalue weighted by molar-refractivity contribution is 8.00. The molecule has 7 heteroatoms. The number of halogens is 2. The molecule has 1 atom stereocenters. The van der Waals surface area contributed by atoms with Crippen LogP contribution in [0.5, 0.6) is 0 Å². The van der Waals surface area contributed by atoms with Gasteiger partial charge in [0.05, 0.1) is 11.5 Å². The first kappa shape index (κ1) is 14.4. The SMILES string of the molecule is CC(CO)Sc1ccc(S(=O)(=O)C(F)F)cc1. The molecule has 0 aliphatic carbocycles. The van der Waals surface area contributed by atoms with Crippen molar-refractivity contribution in [2.45, 2.75) is 27.7 Å². The van der Waals surface area contributed by atoms with Gasteiger partial charge in [-0.3, -0.25) is 0 Å². The highest BCUT2D eigenvalue weighted by Gasteiger charge is 2.26. The molecule has 17 heavy (non-hydrogen) atoms. The van der Waals surface area contributed by atoms with E-state index in [-0.39, 0.29) is 11.9 Å². The van der Waals surface area contributed by atoms with Gasteiger partial charge in [-0.25, -0.2) is 8.42 Å². The third-order valence-electron chi connectivity index (χ3n) is 1.98. The summed E-state index contributed by atoms with van der Waals surface area (Å²) >= 11 is 1.34. The molecule has 0 bridgehead atoms. The molecule has 3 nitrogen and oxygen atoms in total. The standard InChI is InChI=1S/C10H12F2O3S2/c1-7(6-13)16-8-2-4-9(5-3-8)17(14,15)10(11)12/h2-5,7,10,13H,6H2,1H3. The fourth-order valence-electron chi connectivity index (χ4n) is 1.08. The summed E-state index contributed by atoms with van der Waals surface area (Å²) in [7, 11) is -4.52. The maximum Gasteiger partial charge on any atom is 0.341 e. The van der Waals surface area contributed by atoms with Crippen LogP contribution in [0.4, 0.5) is 8.78 Å². The number of aliphatic hydroxyl groups is 1. The summed E-state index contributed by atoms with van der Waals surface area (Å²) in [5.74, 6) is -3.41. The molecule has 1 N–H and O–H groups in total. The highest BCUT2D eigenvalue weighted by atomic mass is 32.2. The minimum atomic E-state index is -4.52. The summed E-state index contributed by atoms with van der Waals surface area (Å²) in [5, 5.41) is 8.80. The molecule has 0 aromatic heterocycles. The lowest BCUT2D eigenvalue weighted by Crippen LogP contribution is -2.11. The van der Waals surface area contributed by atoms with E-state index in [0.717, 1.165) is 17.0 Å². The molecule has 1 aromatic carbocycles. The maximum absolute atomic E-state index is 12.2. The average molecular weight is 282 g/mol. The molecule has 0 saturated heterocycles. The predicted octanol–water partition coefficient (Wildman–Crippen LogP) is 2.16. The van der Waals surface area contributed by atoms with Crippen LogP contribution in [0.25, 0.3) is 0 Å². The van der Waals surface area contributed by atoms with E-state index in [1.165, 1.54) is 23.9 Å². The Hall–Kier alpha value is -0.660. The second-order valence-electron chi connectivity index (χ2n) is 3.39. The van der Waals surface area contributed by atoms with Gasteiger partial charge in [-0.2, -0.15) is 8.78 Å². The highest BCUT2D eigenvalue weighted by Crippen LogP contribution is 2.25. The first-order valence-electron chi connectivity index (χ1n) is 4.77. The van der Waals surface area contributed by atoms with Crippen LogP contribution in [-0.4, -0.2) is 31.1 Å². The van der Waals surface area contributed by atoms with Gasteiger partial charge in [0, 0.05) is 10.1 Å². The average Bonchev–Trinajstić information content (AvgIpc) is 2.29. The third-order valence-corrected chi connectivity index (χ3v) is 4.48. The summed E-state index contributed by atoms with van der Waals surface area (Å²) in [6, 6.07) is 5.19. The number of hydrogen-bond acceptors (Lipinski definition) is 4. The Kier molecular flexibility index (Phi) is 4.91. The fraction of sp³-hybridized carbons (Fsp3) is 0.400. The zero-order valence-corrected chi connectivity index (χ0v) is 10.6. The lowest BCUT2D eigenvalue weighted by molar-refractivity contribution is 0.234. The van der Waals surface area contributed by atoms with E-state index in [4.69, 9.17) is 5.11 Å². The van der Waals surface area contributed by atoms with Crippen molar-refractivity contribution in [1.29, 1.82) is 0 Å². The molecule has 0 saturated carbocycles. The van der Waals surface area contributed by atoms with Gasteiger partial charge in [-0.1, -0.05) is 6.92 Å². The Labute approximate surface area is 103 Å². The Morgan fingerprint density at radius 1 is 1.29 bits per heavy atom. The number of benzene rings is 1. The van der Waals surface area contributed by atoms with E-state index in [0.29, 0.717) is 0 Å². The zero-order chi connectivity index (χ0) is 13.1. The molecule has 1 unspecified atom stereocenters. The lowest BCUT2D eigenvalue weighted by Gasteiger charge is -2.08. The minimum Gasteiger partial charge on any atom is -0.395 e. The molecular formula is C10H12F2O3S2. The normalized spacial score (nSPS) is 13.9. The van der Waals surface area contributed by atoms with Gasteiger partial charge in [0.2, 0.25) is 9.84 Å². The van der Waals surface area contributed by atoms with E-state index in [9.17, 15) is 17.2 Å². The summed E-state index contributed by atoms with van der Waals surface area (Å²) in [4.78, 5) is 0.327. The Morgan fingerprint density at radius 3 is 2.24 bits per heavy atom. The van der Waals surface area contributed by atoms with Crippen LogP contribution in [0.3, 0.4) is 0 Å². The Balaban J connectivity index is 2.89. The summed E-state index contributed by atoms with van der Waals surface area (Å²) < 4.78 is 46.7. The van der Waals surface area contributed by atoms with Crippen LogP contribution in [-0.2, 0) is 9.84 Å². The largest absolute Gasteiger partial charge is 0.395 e.